The highest BCUT2D eigenvalue weighted by Gasteiger charge is 2.41. The summed E-state index contributed by atoms with van der Waals surface area (Å²) in [6.07, 6.45) is 13.9. The summed E-state index contributed by atoms with van der Waals surface area (Å²) in [6, 6.07) is 12.0. The minimum absolute atomic E-state index is 0.0555. The number of hydrogen-bond donors (Lipinski definition) is 1. The van der Waals surface area contributed by atoms with Crippen LogP contribution in [0.2, 0.25) is 0 Å². The average Bonchev–Trinajstić information content (AvgIpc) is 3.32. The summed E-state index contributed by atoms with van der Waals surface area (Å²) in [7, 11) is 5.25. The summed E-state index contributed by atoms with van der Waals surface area (Å²) < 4.78 is 11.4. The molecule has 11 nitrogen and oxygen atoms in total. The van der Waals surface area contributed by atoms with Crippen LogP contribution in [0.4, 0.5) is 11.5 Å². The fourth-order valence-electron chi connectivity index (χ4n) is 8.87. The second-order valence-corrected chi connectivity index (χ2v) is 17.8. The smallest absolute Gasteiger partial charge is 0.243 e. The van der Waals surface area contributed by atoms with Gasteiger partial charge in [-0.3, -0.25) is 24.6 Å². The highest BCUT2D eigenvalue weighted by atomic mass is 16.5. The molecule has 2 aromatic carbocycles. The van der Waals surface area contributed by atoms with Crippen molar-refractivity contribution in [3.8, 4) is 11.5 Å². The summed E-state index contributed by atoms with van der Waals surface area (Å²) in [6.45, 7) is 27.7. The highest BCUT2D eigenvalue weighted by molar-refractivity contribution is 6.04. The molecule has 3 saturated heterocycles. The minimum Gasteiger partial charge on any atom is -0.496 e. The maximum atomic E-state index is 13.2. The summed E-state index contributed by atoms with van der Waals surface area (Å²) in [5.74, 6) is 4.79. The molecule has 1 aromatic heterocycles. The molecule has 67 heavy (non-hydrogen) atoms. The van der Waals surface area contributed by atoms with Gasteiger partial charge in [0.2, 0.25) is 11.8 Å². The third-order valence-corrected chi connectivity index (χ3v) is 13.8. The summed E-state index contributed by atoms with van der Waals surface area (Å²) in [5, 5.41) is 2.43. The molecule has 1 N–H and O–H groups in total. The lowest BCUT2D eigenvalue weighted by atomic mass is 9.72. The number of ketones is 1. The number of hydrogen-bond acceptors (Lipinski definition) is 10. The standard InChI is InChI=1S/C26H37N3O3.C26H34N2O3.2C2H6/c1-5-19(3)11-13-26(6-2)17-29(18-26)22-8-7-20(12-14-30)21(15-22)16-28(4)23-9-10-24(31)27-25(23)32;1-7-17(4)26(29)22-16-27-25(28-11-10-12-28)15-21(22)19(8-2)18-13-23(30-5)20(9-3)24(14-18)31-6;2*1-2/h7-8,12,15,19,23H,5-6,9-11,13,16-18H2,1-4H3,(H,27,31,32);8,13-17H,7,9-12H2,1-6H3;2*1-2H3/b;19-8-;;. The molecule has 0 saturated carbocycles. The van der Waals surface area contributed by atoms with Gasteiger partial charge in [-0.1, -0.05) is 94.2 Å². The van der Waals surface area contributed by atoms with Crippen LogP contribution in [0.5, 0.6) is 11.5 Å². The number of aromatic nitrogens is 1. The molecule has 3 atom stereocenters. The molecule has 3 aliphatic rings. The number of Topliss-reactive ketones (excluding diaryl/α,β-unsaturated/α-hetero) is 1. The van der Waals surface area contributed by atoms with Crippen LogP contribution in [-0.4, -0.2) is 86.9 Å². The van der Waals surface area contributed by atoms with E-state index in [1.807, 2.05) is 84.6 Å². The zero-order valence-corrected chi connectivity index (χ0v) is 43.6. The van der Waals surface area contributed by atoms with Crippen molar-refractivity contribution >= 4 is 46.7 Å². The number of carbonyl (C=O) groups is 3. The van der Waals surface area contributed by atoms with Crippen LogP contribution in [0.1, 0.15) is 166 Å². The van der Waals surface area contributed by atoms with Gasteiger partial charge in [-0.15, -0.1) is 0 Å². The molecule has 3 aliphatic heterocycles. The molecule has 3 aromatic rings. The number of amides is 2. The first kappa shape index (κ1) is 56.1. The van der Waals surface area contributed by atoms with Crippen molar-refractivity contribution < 1.29 is 28.7 Å². The highest BCUT2D eigenvalue weighted by Crippen LogP contribution is 2.43. The first-order valence-corrected chi connectivity index (χ1v) is 25.1. The largest absolute Gasteiger partial charge is 0.496 e. The van der Waals surface area contributed by atoms with Gasteiger partial charge in [0.15, 0.2) is 5.78 Å². The lowest BCUT2D eigenvalue weighted by Crippen LogP contribution is -2.56. The first-order chi connectivity index (χ1) is 32.3. The Labute approximate surface area is 403 Å². The van der Waals surface area contributed by atoms with Gasteiger partial charge in [0.05, 0.1) is 20.3 Å². The number of pyridine rings is 1. The number of allylic oxidation sites excluding steroid dienone is 1. The number of imide groups is 1. The Balaban J connectivity index is 0.000000331. The zero-order valence-electron chi connectivity index (χ0n) is 43.6. The number of nitrogens with one attached hydrogen (secondary N) is 1. The molecule has 368 valence electrons. The Morgan fingerprint density at radius 2 is 1.61 bits per heavy atom. The summed E-state index contributed by atoms with van der Waals surface area (Å²) >= 11 is 0. The fraction of sp³-hybridized carbons (Fsp3) is 0.571. The predicted octanol–water partition coefficient (Wildman–Crippen LogP) is 11.4. The molecule has 0 spiro atoms. The Kier molecular flexibility index (Phi) is 23.0. The predicted molar refractivity (Wildman–Crippen MR) is 277 cm³/mol. The van der Waals surface area contributed by atoms with Crippen molar-refractivity contribution in [2.45, 2.75) is 147 Å². The van der Waals surface area contributed by atoms with Gasteiger partial charge < -0.3 is 19.3 Å². The van der Waals surface area contributed by atoms with Crippen molar-refractivity contribution in [3.63, 3.8) is 0 Å². The van der Waals surface area contributed by atoms with Gasteiger partial charge in [-0.2, -0.15) is 0 Å². The SMILES string of the molecule is C/C=C(/c1cc(OC)c(CC)c(OC)c1)c1cc(N2CCC2)ncc1C(=O)C(C)CC.CC.CC.CCC(C)CCC1(CC)CN(c2ccc(C=C=O)c(CN(C)C3CCC(=O)NC3=O)c2)C1. The topological polar surface area (TPSA) is 121 Å². The number of likely N-dealkylation sites (N-methyl/N-ethyl adjacent to an activating group) is 1. The lowest BCUT2D eigenvalue weighted by Gasteiger charge is -2.52. The Hall–Kier alpha value is -5.25. The zero-order chi connectivity index (χ0) is 49.8. The summed E-state index contributed by atoms with van der Waals surface area (Å²) in [5.41, 5.74) is 7.94. The number of carbonyl (C=O) groups excluding carboxylic acids is 4. The molecule has 0 radical (unpaired) electrons. The van der Waals surface area contributed by atoms with Crippen molar-refractivity contribution in [2.24, 2.45) is 17.3 Å². The van der Waals surface area contributed by atoms with E-state index < -0.39 is 0 Å². The fourth-order valence-corrected chi connectivity index (χ4v) is 8.87. The summed E-state index contributed by atoms with van der Waals surface area (Å²) in [4.78, 5) is 59.3. The Morgan fingerprint density at radius 1 is 0.955 bits per heavy atom. The van der Waals surface area contributed by atoms with Crippen LogP contribution < -0.4 is 24.6 Å². The van der Waals surface area contributed by atoms with E-state index in [0.717, 1.165) is 101 Å². The van der Waals surface area contributed by atoms with Gasteiger partial charge in [0.1, 0.15) is 23.3 Å². The van der Waals surface area contributed by atoms with Crippen LogP contribution >= 0.6 is 0 Å². The van der Waals surface area contributed by atoms with E-state index in [1.165, 1.54) is 38.2 Å². The molecule has 3 unspecified atom stereocenters. The Morgan fingerprint density at radius 3 is 2.12 bits per heavy atom. The number of ether oxygens (including phenoxy) is 2. The van der Waals surface area contributed by atoms with Gasteiger partial charge in [-0.25, -0.2) is 9.78 Å². The van der Waals surface area contributed by atoms with E-state index in [2.05, 4.69) is 72.1 Å². The number of methoxy groups -OCH3 is 2. The van der Waals surface area contributed by atoms with Gasteiger partial charge >= 0.3 is 0 Å². The van der Waals surface area contributed by atoms with E-state index in [1.54, 1.807) is 20.4 Å². The van der Waals surface area contributed by atoms with E-state index in [0.29, 0.717) is 30.4 Å². The first-order valence-electron chi connectivity index (χ1n) is 25.1. The third kappa shape index (κ3) is 14.1. The van der Waals surface area contributed by atoms with Gasteiger partial charge in [-0.05, 0) is 117 Å². The van der Waals surface area contributed by atoms with Crippen molar-refractivity contribution in [1.29, 1.82) is 0 Å². The molecule has 2 amide bonds. The number of anilines is 2. The molecular weight excluding hydrogens is 839 g/mol. The number of benzene rings is 2. The van der Waals surface area contributed by atoms with Crippen LogP contribution in [0, 0.1) is 17.3 Å². The molecule has 0 aliphatic carbocycles. The van der Waals surface area contributed by atoms with Crippen LogP contribution in [0.3, 0.4) is 0 Å². The van der Waals surface area contributed by atoms with Gasteiger partial charge in [0.25, 0.3) is 0 Å². The van der Waals surface area contributed by atoms with E-state index in [9.17, 15) is 19.2 Å². The molecule has 4 heterocycles. The van der Waals surface area contributed by atoms with E-state index in [4.69, 9.17) is 9.47 Å². The van der Waals surface area contributed by atoms with Crippen LogP contribution in [-0.2, 0) is 27.3 Å². The monoisotopic (exact) mass is 922 g/mol. The molecule has 11 heteroatoms. The second kappa shape index (κ2) is 27.5. The molecular formula is C56H83N5O6. The lowest BCUT2D eigenvalue weighted by molar-refractivity contribution is -0.137. The normalized spacial score (nSPS) is 17.1. The van der Waals surface area contributed by atoms with Gasteiger partial charge in [0, 0.05) is 79.6 Å². The number of nitrogens with zero attached hydrogens (tertiary/aromatic N) is 4. The maximum Gasteiger partial charge on any atom is 0.243 e. The third-order valence-electron chi connectivity index (χ3n) is 13.8. The number of piperidine rings is 1. The molecule has 3 fully saturated rings. The quantitative estimate of drug-likeness (QED) is 0.0706. The van der Waals surface area contributed by atoms with Crippen molar-refractivity contribution in [3.05, 3.63) is 82.1 Å². The van der Waals surface area contributed by atoms with Crippen molar-refractivity contribution in [2.75, 3.05) is 57.2 Å². The maximum absolute atomic E-state index is 13.2. The minimum atomic E-state index is -0.346. The van der Waals surface area contributed by atoms with Crippen molar-refractivity contribution in [1.82, 2.24) is 15.2 Å². The number of rotatable bonds is 19. The van der Waals surface area contributed by atoms with Crippen LogP contribution in [0.25, 0.3) is 11.6 Å². The van der Waals surface area contributed by atoms with E-state index >= 15 is 0 Å². The van der Waals surface area contributed by atoms with E-state index in [-0.39, 0.29) is 29.6 Å². The average molecular weight is 922 g/mol. The molecule has 0 bridgehead atoms. The van der Waals surface area contributed by atoms with Crippen LogP contribution in [0.15, 0.2) is 48.7 Å². The Bertz CT molecular complexity index is 2140. The molecule has 6 rings (SSSR count). The second-order valence-electron chi connectivity index (χ2n) is 17.8.